The highest BCUT2D eigenvalue weighted by Crippen LogP contribution is 2.43. The van der Waals surface area contributed by atoms with Crippen molar-refractivity contribution in [1.82, 2.24) is 24.8 Å². The molecule has 4 atom stereocenters. The number of carbonyl (C=O) groups is 1. The Kier molecular flexibility index (Phi) is 5.45. The molecule has 1 amide bonds. The predicted molar refractivity (Wildman–Crippen MR) is 100 cm³/mol. The quantitative estimate of drug-likeness (QED) is 0.537. The summed E-state index contributed by atoms with van der Waals surface area (Å²) in [5.74, 6) is 1.72. The standard InChI is InChI=1S/C18H19F3N6O5/c1-17(2)31-11-8(6-28)30-15(12(11)32-17)27-7-24-10-13(22)25-9(26-14(10)27)4-3-5-23-16(29)18(19,20)21/h7-8,11-12,15,28H,5-6H2,1-2H3,(H,23,29)(H2,22,25,26). The number of aromatic nitrogens is 4. The van der Waals surface area contributed by atoms with Crippen LogP contribution in [0.15, 0.2) is 6.33 Å². The minimum absolute atomic E-state index is 0.00504. The molecule has 32 heavy (non-hydrogen) atoms. The van der Waals surface area contributed by atoms with Crippen molar-refractivity contribution in [3.8, 4) is 11.8 Å². The summed E-state index contributed by atoms with van der Waals surface area (Å²) in [5.41, 5.74) is 6.44. The largest absolute Gasteiger partial charge is 0.471 e. The molecule has 2 fully saturated rings. The third-order valence-electron chi connectivity index (χ3n) is 4.82. The first kappa shape index (κ1) is 22.2. The van der Waals surface area contributed by atoms with E-state index in [1.54, 1.807) is 23.7 Å². The smallest absolute Gasteiger partial charge is 0.394 e. The number of hydrogen-bond acceptors (Lipinski definition) is 9. The summed E-state index contributed by atoms with van der Waals surface area (Å²) in [6.07, 6.45) is -6.05. The van der Waals surface area contributed by atoms with Gasteiger partial charge in [0.25, 0.3) is 0 Å². The van der Waals surface area contributed by atoms with Gasteiger partial charge in [-0.25, -0.2) is 15.0 Å². The number of anilines is 1. The fourth-order valence-electron chi connectivity index (χ4n) is 3.56. The summed E-state index contributed by atoms with van der Waals surface area (Å²) in [4.78, 5) is 23.3. The molecule has 11 nitrogen and oxygen atoms in total. The van der Waals surface area contributed by atoms with E-state index in [1.165, 1.54) is 6.33 Å². The van der Waals surface area contributed by atoms with Gasteiger partial charge >= 0.3 is 12.1 Å². The number of nitrogens with one attached hydrogen (secondary N) is 1. The highest BCUT2D eigenvalue weighted by atomic mass is 19.4. The number of amides is 1. The molecule has 0 spiro atoms. The lowest BCUT2D eigenvalue weighted by atomic mass is 10.1. The second-order valence-corrected chi connectivity index (χ2v) is 7.55. The SMILES string of the molecule is CC1(C)OC2C(CO)OC(n3cnc4c(N)nc(C#CCNC(=O)C(F)(F)F)nc43)C2O1. The number of alkyl halides is 3. The van der Waals surface area contributed by atoms with Gasteiger partial charge in [-0.1, -0.05) is 5.92 Å². The van der Waals surface area contributed by atoms with E-state index in [4.69, 9.17) is 19.9 Å². The van der Waals surface area contributed by atoms with E-state index in [0.717, 1.165) is 0 Å². The lowest BCUT2D eigenvalue weighted by Gasteiger charge is -2.24. The first-order chi connectivity index (χ1) is 15.0. The summed E-state index contributed by atoms with van der Waals surface area (Å²) in [6, 6.07) is 0. The molecule has 172 valence electrons. The molecule has 2 aromatic heterocycles. The summed E-state index contributed by atoms with van der Waals surface area (Å²) >= 11 is 0. The van der Waals surface area contributed by atoms with E-state index in [9.17, 15) is 23.1 Å². The molecule has 0 aromatic carbocycles. The van der Waals surface area contributed by atoms with Crippen molar-refractivity contribution in [3.05, 3.63) is 12.2 Å². The Hall–Kier alpha value is -2.99. The zero-order valence-corrected chi connectivity index (χ0v) is 16.9. The maximum absolute atomic E-state index is 12.2. The highest BCUT2D eigenvalue weighted by molar-refractivity contribution is 5.82. The molecule has 2 aliphatic heterocycles. The fraction of sp³-hybridized carbons (Fsp3) is 0.556. The number of ether oxygens (including phenoxy) is 3. The topological polar surface area (TPSA) is 147 Å². The van der Waals surface area contributed by atoms with Crippen LogP contribution in [0.4, 0.5) is 19.0 Å². The van der Waals surface area contributed by atoms with Gasteiger partial charge in [0.1, 0.15) is 23.8 Å². The van der Waals surface area contributed by atoms with Gasteiger partial charge in [0, 0.05) is 0 Å². The first-order valence-corrected chi connectivity index (χ1v) is 9.46. The Morgan fingerprint density at radius 2 is 2.06 bits per heavy atom. The summed E-state index contributed by atoms with van der Waals surface area (Å²) in [6.45, 7) is 2.64. The van der Waals surface area contributed by atoms with E-state index in [-0.39, 0.29) is 29.4 Å². The van der Waals surface area contributed by atoms with Crippen LogP contribution in [-0.2, 0) is 19.0 Å². The number of halogens is 3. The third-order valence-corrected chi connectivity index (χ3v) is 4.82. The molecule has 0 aliphatic carbocycles. The van der Waals surface area contributed by atoms with Crippen molar-refractivity contribution in [2.45, 2.75) is 50.4 Å². The number of nitrogen functional groups attached to an aromatic ring is 1. The van der Waals surface area contributed by atoms with Gasteiger partial charge in [-0.3, -0.25) is 9.36 Å². The summed E-state index contributed by atoms with van der Waals surface area (Å²) in [7, 11) is 0. The van der Waals surface area contributed by atoms with Crippen LogP contribution in [-0.4, -0.2) is 74.0 Å². The van der Waals surface area contributed by atoms with Gasteiger partial charge in [-0.15, -0.1) is 0 Å². The number of nitrogens with two attached hydrogens (primary N) is 1. The monoisotopic (exact) mass is 456 g/mol. The van der Waals surface area contributed by atoms with E-state index in [1.807, 2.05) is 0 Å². The Bertz CT molecular complexity index is 1110. The maximum atomic E-state index is 12.2. The van der Waals surface area contributed by atoms with Crippen LogP contribution in [0.5, 0.6) is 0 Å². The molecule has 2 aromatic rings. The van der Waals surface area contributed by atoms with Gasteiger partial charge in [-0.05, 0) is 19.8 Å². The average Bonchev–Trinajstić information content (AvgIpc) is 3.34. The van der Waals surface area contributed by atoms with Crippen LogP contribution in [0.1, 0.15) is 25.9 Å². The van der Waals surface area contributed by atoms with Crippen molar-refractivity contribution >= 4 is 22.9 Å². The zero-order chi connectivity index (χ0) is 23.3. The van der Waals surface area contributed by atoms with Gasteiger partial charge in [0.2, 0.25) is 5.82 Å². The van der Waals surface area contributed by atoms with Crippen LogP contribution in [0.25, 0.3) is 11.2 Å². The van der Waals surface area contributed by atoms with Crippen LogP contribution in [0, 0.1) is 11.8 Å². The summed E-state index contributed by atoms with van der Waals surface area (Å²) < 4.78 is 55.9. The van der Waals surface area contributed by atoms with Crippen molar-refractivity contribution in [2.75, 3.05) is 18.9 Å². The normalized spacial score (nSPS) is 26.6. The molecular formula is C18H19F3N6O5. The van der Waals surface area contributed by atoms with Crippen molar-refractivity contribution in [1.29, 1.82) is 0 Å². The summed E-state index contributed by atoms with van der Waals surface area (Å²) in [5, 5.41) is 11.3. The maximum Gasteiger partial charge on any atom is 0.471 e. The van der Waals surface area contributed by atoms with Crippen molar-refractivity contribution in [2.24, 2.45) is 0 Å². The lowest BCUT2D eigenvalue weighted by molar-refractivity contribution is -0.199. The van der Waals surface area contributed by atoms with Crippen molar-refractivity contribution < 1.29 is 37.3 Å². The van der Waals surface area contributed by atoms with E-state index >= 15 is 0 Å². The van der Waals surface area contributed by atoms with Crippen molar-refractivity contribution in [3.63, 3.8) is 0 Å². The minimum Gasteiger partial charge on any atom is -0.394 e. The van der Waals surface area contributed by atoms with Gasteiger partial charge in [0.15, 0.2) is 23.5 Å². The molecule has 0 saturated carbocycles. The Morgan fingerprint density at radius 1 is 1.34 bits per heavy atom. The molecule has 0 radical (unpaired) electrons. The van der Waals surface area contributed by atoms with Crippen LogP contribution in [0.3, 0.4) is 0 Å². The number of fused-ring (bicyclic) bond motifs is 2. The lowest BCUT2D eigenvalue weighted by Crippen LogP contribution is -2.36. The predicted octanol–water partition coefficient (Wildman–Crippen LogP) is -0.152. The van der Waals surface area contributed by atoms with E-state index < -0.39 is 49.0 Å². The second kappa shape index (κ2) is 7.85. The van der Waals surface area contributed by atoms with Crippen LogP contribution < -0.4 is 11.1 Å². The number of hydrogen-bond donors (Lipinski definition) is 3. The van der Waals surface area contributed by atoms with Crippen LogP contribution in [0.2, 0.25) is 0 Å². The molecule has 0 bridgehead atoms. The molecular weight excluding hydrogens is 437 g/mol. The second-order valence-electron chi connectivity index (χ2n) is 7.55. The fourth-order valence-corrected chi connectivity index (χ4v) is 3.56. The zero-order valence-electron chi connectivity index (χ0n) is 16.9. The molecule has 14 heteroatoms. The van der Waals surface area contributed by atoms with Gasteiger partial charge in [0.05, 0.1) is 19.5 Å². The van der Waals surface area contributed by atoms with Crippen LogP contribution >= 0.6 is 0 Å². The number of carbonyl (C=O) groups excluding carboxylic acids is 1. The number of imidazole rings is 1. The number of nitrogens with zero attached hydrogens (tertiary/aromatic N) is 4. The van der Waals surface area contributed by atoms with Gasteiger partial charge < -0.3 is 30.4 Å². The Morgan fingerprint density at radius 3 is 2.75 bits per heavy atom. The number of aliphatic hydroxyl groups is 1. The van der Waals surface area contributed by atoms with Gasteiger partial charge in [-0.2, -0.15) is 13.2 Å². The van der Waals surface area contributed by atoms with E-state index in [0.29, 0.717) is 0 Å². The first-order valence-electron chi connectivity index (χ1n) is 9.46. The highest BCUT2D eigenvalue weighted by Gasteiger charge is 2.56. The molecule has 2 aliphatic rings. The van der Waals surface area contributed by atoms with E-state index in [2.05, 4.69) is 26.8 Å². The molecule has 4 N–H and O–H groups in total. The number of aliphatic hydroxyl groups excluding tert-OH is 1. The molecule has 4 rings (SSSR count). The third kappa shape index (κ3) is 4.07. The molecule has 4 unspecified atom stereocenters. The Balaban J connectivity index is 1.61. The molecule has 2 saturated heterocycles. The average molecular weight is 456 g/mol. The Labute approximate surface area is 179 Å². The molecule has 4 heterocycles. The minimum atomic E-state index is -5.00. The number of rotatable bonds is 3.